The Bertz CT molecular complexity index is 202. The molecule has 0 saturated heterocycles. The molecule has 0 aromatic rings. The number of nitriles is 1. The van der Waals surface area contributed by atoms with Crippen LogP contribution in [0, 0.1) is 17.2 Å². The van der Waals surface area contributed by atoms with Crippen molar-refractivity contribution in [2.24, 2.45) is 5.92 Å². The number of methoxy groups -OCH3 is 2. The van der Waals surface area contributed by atoms with Gasteiger partial charge in [0, 0.05) is 0 Å². The minimum absolute atomic E-state index is 0.223. The van der Waals surface area contributed by atoms with Crippen molar-refractivity contribution >= 4 is 11.9 Å². The summed E-state index contributed by atoms with van der Waals surface area (Å²) in [5.74, 6) is -2.61. The molecule has 0 N–H and O–H groups in total. The van der Waals surface area contributed by atoms with E-state index < -0.39 is 17.9 Å². The standard InChI is InChI=1S/C7H9NO4/c1-11-6(9)5(3-4-8)7(10)12-2/h5H,3H2,1-2H3. The van der Waals surface area contributed by atoms with Gasteiger partial charge < -0.3 is 9.47 Å². The molecule has 0 unspecified atom stereocenters. The first kappa shape index (κ1) is 10.4. The van der Waals surface area contributed by atoms with E-state index in [9.17, 15) is 9.59 Å². The van der Waals surface area contributed by atoms with Gasteiger partial charge in [0.15, 0.2) is 5.92 Å². The molecule has 0 saturated carbocycles. The van der Waals surface area contributed by atoms with Crippen LogP contribution in [0.25, 0.3) is 0 Å². The highest BCUT2D eigenvalue weighted by Gasteiger charge is 2.27. The van der Waals surface area contributed by atoms with E-state index in [-0.39, 0.29) is 6.42 Å². The van der Waals surface area contributed by atoms with E-state index in [1.807, 2.05) is 0 Å². The van der Waals surface area contributed by atoms with Crippen molar-refractivity contribution in [1.29, 1.82) is 5.26 Å². The highest BCUT2D eigenvalue weighted by molar-refractivity contribution is 5.95. The maximum atomic E-state index is 10.8. The van der Waals surface area contributed by atoms with Gasteiger partial charge in [-0.25, -0.2) is 0 Å². The van der Waals surface area contributed by atoms with E-state index in [0.29, 0.717) is 0 Å². The van der Waals surface area contributed by atoms with Crippen molar-refractivity contribution < 1.29 is 19.1 Å². The quantitative estimate of drug-likeness (QED) is 0.436. The van der Waals surface area contributed by atoms with Crippen LogP contribution in [0.4, 0.5) is 0 Å². The molecule has 12 heavy (non-hydrogen) atoms. The van der Waals surface area contributed by atoms with E-state index in [0.717, 1.165) is 14.2 Å². The lowest BCUT2D eigenvalue weighted by atomic mass is 10.1. The molecule has 0 aliphatic carbocycles. The van der Waals surface area contributed by atoms with Gasteiger partial charge in [-0.15, -0.1) is 0 Å². The predicted octanol–water partition coefficient (Wildman–Crippen LogP) is -0.138. The SMILES string of the molecule is COC(=O)C(CC#N)C(=O)OC. The minimum Gasteiger partial charge on any atom is -0.468 e. The van der Waals surface area contributed by atoms with Gasteiger partial charge in [0.2, 0.25) is 0 Å². The highest BCUT2D eigenvalue weighted by atomic mass is 16.5. The van der Waals surface area contributed by atoms with Crippen molar-refractivity contribution in [2.45, 2.75) is 6.42 Å². The fraction of sp³-hybridized carbons (Fsp3) is 0.571. The Morgan fingerprint density at radius 3 is 2.00 bits per heavy atom. The van der Waals surface area contributed by atoms with Gasteiger partial charge in [-0.05, 0) is 0 Å². The van der Waals surface area contributed by atoms with Crippen LogP contribution in [-0.2, 0) is 19.1 Å². The van der Waals surface area contributed by atoms with E-state index in [1.54, 1.807) is 6.07 Å². The van der Waals surface area contributed by atoms with Gasteiger partial charge in [-0.3, -0.25) is 9.59 Å². The molecular formula is C7H9NO4. The van der Waals surface area contributed by atoms with Crippen LogP contribution in [-0.4, -0.2) is 26.2 Å². The molecule has 0 bridgehead atoms. The van der Waals surface area contributed by atoms with E-state index >= 15 is 0 Å². The van der Waals surface area contributed by atoms with Gasteiger partial charge >= 0.3 is 11.9 Å². The number of rotatable bonds is 3. The number of hydrogen-bond donors (Lipinski definition) is 0. The molecule has 0 radical (unpaired) electrons. The van der Waals surface area contributed by atoms with E-state index in [4.69, 9.17) is 5.26 Å². The van der Waals surface area contributed by atoms with Gasteiger partial charge in [-0.2, -0.15) is 5.26 Å². The average Bonchev–Trinajstić information content (AvgIpc) is 2.11. The molecule has 0 spiro atoms. The first-order valence-corrected chi connectivity index (χ1v) is 3.20. The van der Waals surface area contributed by atoms with Gasteiger partial charge in [0.25, 0.3) is 0 Å². The third-order valence-electron chi connectivity index (χ3n) is 1.27. The second-order valence-corrected chi connectivity index (χ2v) is 1.96. The fourth-order valence-electron chi connectivity index (χ4n) is 0.639. The third kappa shape index (κ3) is 2.58. The van der Waals surface area contributed by atoms with Crippen LogP contribution < -0.4 is 0 Å². The Hall–Kier alpha value is -1.57. The predicted molar refractivity (Wildman–Crippen MR) is 37.8 cm³/mol. The maximum Gasteiger partial charge on any atom is 0.321 e. The summed E-state index contributed by atoms with van der Waals surface area (Å²) in [5.41, 5.74) is 0. The molecule has 66 valence electrons. The third-order valence-corrected chi connectivity index (χ3v) is 1.27. The van der Waals surface area contributed by atoms with E-state index in [1.165, 1.54) is 0 Å². The minimum atomic E-state index is -1.12. The van der Waals surface area contributed by atoms with Crippen LogP contribution >= 0.6 is 0 Å². The lowest BCUT2D eigenvalue weighted by molar-refractivity contribution is -0.158. The summed E-state index contributed by atoms with van der Waals surface area (Å²) in [6.45, 7) is 0. The summed E-state index contributed by atoms with van der Waals surface area (Å²) < 4.78 is 8.59. The lowest BCUT2D eigenvalue weighted by Gasteiger charge is -2.07. The molecule has 0 atom stereocenters. The Balaban J connectivity index is 4.34. The van der Waals surface area contributed by atoms with Crippen LogP contribution in [0.5, 0.6) is 0 Å². The lowest BCUT2D eigenvalue weighted by Crippen LogP contribution is -2.25. The second kappa shape index (κ2) is 5.13. The monoisotopic (exact) mass is 171 g/mol. The molecule has 0 aromatic heterocycles. The van der Waals surface area contributed by atoms with Crippen LogP contribution in [0.15, 0.2) is 0 Å². The first-order valence-electron chi connectivity index (χ1n) is 3.20. The number of esters is 2. The molecule has 0 aromatic carbocycles. The van der Waals surface area contributed by atoms with Gasteiger partial charge in [-0.1, -0.05) is 0 Å². The molecule has 0 aliphatic heterocycles. The molecular weight excluding hydrogens is 162 g/mol. The Morgan fingerprint density at radius 2 is 1.75 bits per heavy atom. The summed E-state index contributed by atoms with van der Waals surface area (Å²) in [5, 5.41) is 8.26. The maximum absolute atomic E-state index is 10.8. The van der Waals surface area contributed by atoms with Gasteiger partial charge in [0.1, 0.15) is 0 Å². The molecule has 0 rings (SSSR count). The zero-order valence-electron chi connectivity index (χ0n) is 6.86. The van der Waals surface area contributed by atoms with Gasteiger partial charge in [0.05, 0.1) is 26.7 Å². The van der Waals surface area contributed by atoms with Crippen LogP contribution in [0.3, 0.4) is 0 Å². The highest BCUT2D eigenvalue weighted by Crippen LogP contribution is 2.06. The van der Waals surface area contributed by atoms with Crippen molar-refractivity contribution in [3.8, 4) is 6.07 Å². The summed E-state index contributed by atoms with van der Waals surface area (Å²) in [7, 11) is 2.30. The molecule has 5 heteroatoms. The summed E-state index contributed by atoms with van der Waals surface area (Å²) in [6, 6.07) is 1.70. The Morgan fingerprint density at radius 1 is 1.33 bits per heavy atom. The van der Waals surface area contributed by atoms with E-state index in [2.05, 4.69) is 9.47 Å². The average molecular weight is 171 g/mol. The molecule has 0 amide bonds. The first-order chi connectivity index (χ1) is 5.67. The summed E-state index contributed by atoms with van der Waals surface area (Å²) >= 11 is 0. The van der Waals surface area contributed by atoms with Crippen LogP contribution in [0.1, 0.15) is 6.42 Å². The molecule has 0 heterocycles. The zero-order chi connectivity index (χ0) is 9.56. The molecule has 0 aliphatic rings. The topological polar surface area (TPSA) is 76.4 Å². The number of hydrogen-bond acceptors (Lipinski definition) is 5. The van der Waals surface area contributed by atoms with Crippen molar-refractivity contribution in [3.05, 3.63) is 0 Å². The largest absolute Gasteiger partial charge is 0.468 e. The number of nitrogens with zero attached hydrogens (tertiary/aromatic N) is 1. The summed E-state index contributed by atoms with van der Waals surface area (Å²) in [6.07, 6.45) is -0.223. The smallest absolute Gasteiger partial charge is 0.321 e. The van der Waals surface area contributed by atoms with Crippen LogP contribution in [0.2, 0.25) is 0 Å². The Labute approximate surface area is 69.9 Å². The Kier molecular flexibility index (Phi) is 4.46. The number of carbonyl (C=O) groups is 2. The fourth-order valence-corrected chi connectivity index (χ4v) is 0.639. The zero-order valence-corrected chi connectivity index (χ0v) is 6.86. The number of ether oxygens (including phenoxy) is 2. The van der Waals surface area contributed by atoms with Crippen molar-refractivity contribution in [2.75, 3.05) is 14.2 Å². The van der Waals surface area contributed by atoms with Crippen molar-refractivity contribution in [3.63, 3.8) is 0 Å². The molecule has 5 nitrogen and oxygen atoms in total. The second-order valence-electron chi connectivity index (χ2n) is 1.96. The normalized spacial score (nSPS) is 8.83. The van der Waals surface area contributed by atoms with Crippen molar-refractivity contribution in [1.82, 2.24) is 0 Å². The summed E-state index contributed by atoms with van der Waals surface area (Å²) in [4.78, 5) is 21.7. The number of carbonyl (C=O) groups excluding carboxylic acids is 2. The molecule has 0 fully saturated rings.